The highest BCUT2D eigenvalue weighted by Crippen LogP contribution is 2.34. The van der Waals surface area contributed by atoms with Crippen molar-refractivity contribution in [2.45, 2.75) is 82.8 Å². The zero-order valence-corrected chi connectivity index (χ0v) is 16.7. The van der Waals surface area contributed by atoms with Crippen LogP contribution in [0.15, 0.2) is 9.59 Å². The standard InChI is InChI=1S/C20H29N3O6/c1-11-7-9-13(10-8-11)23-18(26)14(16(24)15(21)19(27)28)17(25)22(20(23)29)12-5-3-2-4-6-12/h11-13,15,26H,2-10,21H2,1H3,(H,27,28). The number of carbonyl (C=O) groups excluding carboxylic acids is 1. The van der Waals surface area contributed by atoms with Gasteiger partial charge >= 0.3 is 11.7 Å². The third kappa shape index (κ3) is 4.01. The van der Waals surface area contributed by atoms with Crippen LogP contribution in [0, 0.1) is 5.92 Å². The van der Waals surface area contributed by atoms with Crippen LogP contribution in [0.3, 0.4) is 0 Å². The number of aliphatic carboxylic acids is 1. The van der Waals surface area contributed by atoms with E-state index in [0.29, 0.717) is 31.6 Å². The molecule has 1 aromatic heterocycles. The summed E-state index contributed by atoms with van der Waals surface area (Å²) in [5.41, 5.74) is 3.19. The maximum absolute atomic E-state index is 13.3. The Morgan fingerprint density at radius 1 is 0.966 bits per heavy atom. The number of carboxylic acid groups (broad SMARTS) is 1. The maximum atomic E-state index is 13.3. The summed E-state index contributed by atoms with van der Waals surface area (Å²) < 4.78 is 2.18. The van der Waals surface area contributed by atoms with Crippen molar-refractivity contribution < 1.29 is 19.8 Å². The fraction of sp³-hybridized carbons (Fsp3) is 0.700. The van der Waals surface area contributed by atoms with E-state index in [1.54, 1.807) is 0 Å². The van der Waals surface area contributed by atoms with Crippen molar-refractivity contribution in [3.8, 4) is 5.88 Å². The van der Waals surface area contributed by atoms with Crippen LogP contribution in [-0.4, -0.2) is 37.1 Å². The van der Waals surface area contributed by atoms with Gasteiger partial charge in [0.1, 0.15) is 5.56 Å². The highest BCUT2D eigenvalue weighted by Gasteiger charge is 2.35. The number of aromatic hydroxyl groups is 1. The molecule has 3 rings (SSSR count). The molecule has 2 aliphatic rings. The molecule has 0 aliphatic heterocycles. The number of nitrogens with zero attached hydrogens (tertiary/aromatic N) is 2. The van der Waals surface area contributed by atoms with Crippen molar-refractivity contribution in [2.24, 2.45) is 11.7 Å². The molecule has 2 aliphatic carbocycles. The van der Waals surface area contributed by atoms with Crippen LogP contribution in [0.2, 0.25) is 0 Å². The van der Waals surface area contributed by atoms with Gasteiger partial charge in [0.25, 0.3) is 5.56 Å². The molecule has 0 radical (unpaired) electrons. The number of nitrogens with two attached hydrogens (primary N) is 1. The summed E-state index contributed by atoms with van der Waals surface area (Å²) in [5, 5.41) is 19.9. The summed E-state index contributed by atoms with van der Waals surface area (Å²) in [6, 6.07) is -2.70. The maximum Gasteiger partial charge on any atom is 0.334 e. The molecule has 0 aromatic carbocycles. The van der Waals surface area contributed by atoms with Crippen LogP contribution < -0.4 is 17.0 Å². The highest BCUT2D eigenvalue weighted by molar-refractivity contribution is 6.12. The minimum atomic E-state index is -1.98. The van der Waals surface area contributed by atoms with Crippen molar-refractivity contribution in [3.63, 3.8) is 0 Å². The van der Waals surface area contributed by atoms with Crippen LogP contribution in [0.4, 0.5) is 0 Å². The van der Waals surface area contributed by atoms with Crippen molar-refractivity contribution >= 4 is 11.8 Å². The molecule has 9 nitrogen and oxygen atoms in total. The van der Waals surface area contributed by atoms with E-state index < -0.39 is 40.5 Å². The summed E-state index contributed by atoms with van der Waals surface area (Å²) in [7, 11) is 0. The largest absolute Gasteiger partial charge is 0.494 e. The van der Waals surface area contributed by atoms with E-state index in [4.69, 9.17) is 10.8 Å². The molecule has 160 valence electrons. The molecule has 0 amide bonds. The summed E-state index contributed by atoms with van der Waals surface area (Å²) in [6.45, 7) is 2.11. The number of carboxylic acids is 1. The van der Waals surface area contributed by atoms with Gasteiger partial charge in [-0.05, 0) is 44.4 Å². The third-order valence-electron chi connectivity index (χ3n) is 6.38. The zero-order chi connectivity index (χ0) is 21.3. The molecule has 9 heteroatoms. The van der Waals surface area contributed by atoms with E-state index in [1.807, 2.05) is 0 Å². The Kier molecular flexibility index (Phi) is 6.26. The van der Waals surface area contributed by atoms with Crippen LogP contribution in [0.1, 0.15) is 87.2 Å². The SMILES string of the molecule is CC1CCC(n2c(O)c(C(=O)C(N)C(=O)O)c(=O)n(C3CCCCC3)c2=O)CC1. The van der Waals surface area contributed by atoms with Crippen molar-refractivity contribution in [3.05, 3.63) is 26.4 Å². The first kappa shape index (κ1) is 21.3. The lowest BCUT2D eigenvalue weighted by atomic mass is 9.87. The van der Waals surface area contributed by atoms with Gasteiger partial charge in [0.05, 0.1) is 0 Å². The molecule has 2 saturated carbocycles. The molecule has 0 bridgehead atoms. The molecular formula is C20H29N3O6. The Balaban J connectivity index is 2.20. The summed E-state index contributed by atoms with van der Waals surface area (Å²) in [5.74, 6) is -3.03. The van der Waals surface area contributed by atoms with Gasteiger partial charge in [-0.25, -0.2) is 4.79 Å². The minimum absolute atomic E-state index is 0.346. The molecule has 0 saturated heterocycles. The average Bonchev–Trinajstić information content (AvgIpc) is 2.69. The van der Waals surface area contributed by atoms with E-state index in [2.05, 4.69) is 6.92 Å². The molecule has 1 heterocycles. The second kappa shape index (κ2) is 8.52. The van der Waals surface area contributed by atoms with Gasteiger partial charge in [-0.2, -0.15) is 0 Å². The highest BCUT2D eigenvalue weighted by atomic mass is 16.4. The van der Waals surface area contributed by atoms with E-state index in [0.717, 1.165) is 41.2 Å². The number of aromatic nitrogens is 2. The van der Waals surface area contributed by atoms with Crippen LogP contribution in [0.5, 0.6) is 5.88 Å². The molecule has 1 unspecified atom stereocenters. The van der Waals surface area contributed by atoms with Gasteiger partial charge in [-0.15, -0.1) is 0 Å². The van der Waals surface area contributed by atoms with Gasteiger partial charge < -0.3 is 15.9 Å². The van der Waals surface area contributed by atoms with Gasteiger partial charge in [0, 0.05) is 12.1 Å². The lowest BCUT2D eigenvalue weighted by Crippen LogP contribution is -2.49. The monoisotopic (exact) mass is 407 g/mol. The van der Waals surface area contributed by atoms with Crippen LogP contribution >= 0.6 is 0 Å². The molecule has 4 N–H and O–H groups in total. The number of ketones is 1. The molecular weight excluding hydrogens is 378 g/mol. The second-order valence-electron chi connectivity index (χ2n) is 8.41. The Labute approximate surface area is 168 Å². The summed E-state index contributed by atoms with van der Waals surface area (Å²) >= 11 is 0. The molecule has 0 spiro atoms. The average molecular weight is 407 g/mol. The minimum Gasteiger partial charge on any atom is -0.494 e. The predicted molar refractivity (Wildman–Crippen MR) is 105 cm³/mol. The fourth-order valence-electron chi connectivity index (χ4n) is 4.60. The molecule has 29 heavy (non-hydrogen) atoms. The van der Waals surface area contributed by atoms with Crippen LogP contribution in [0.25, 0.3) is 0 Å². The predicted octanol–water partition coefficient (Wildman–Crippen LogP) is 1.57. The normalized spacial score (nSPS) is 24.2. The first-order valence-corrected chi connectivity index (χ1v) is 10.4. The smallest absolute Gasteiger partial charge is 0.334 e. The summed E-state index contributed by atoms with van der Waals surface area (Å²) in [6.07, 6.45) is 6.96. The Morgan fingerprint density at radius 2 is 1.52 bits per heavy atom. The number of Topliss-reactive ketones (excluding diaryl/α,β-unsaturated/α-hetero) is 1. The first-order valence-electron chi connectivity index (χ1n) is 10.4. The van der Waals surface area contributed by atoms with E-state index in [1.165, 1.54) is 0 Å². The lowest BCUT2D eigenvalue weighted by Gasteiger charge is -2.31. The first-order chi connectivity index (χ1) is 13.7. The molecule has 1 atom stereocenters. The second-order valence-corrected chi connectivity index (χ2v) is 8.41. The topological polar surface area (TPSA) is 145 Å². The van der Waals surface area contributed by atoms with Gasteiger partial charge in [0.15, 0.2) is 6.04 Å². The van der Waals surface area contributed by atoms with Gasteiger partial charge in [0.2, 0.25) is 11.7 Å². The van der Waals surface area contributed by atoms with Gasteiger partial charge in [-0.1, -0.05) is 26.2 Å². The van der Waals surface area contributed by atoms with Crippen molar-refractivity contribution in [1.29, 1.82) is 0 Å². The van der Waals surface area contributed by atoms with Crippen molar-refractivity contribution in [2.75, 3.05) is 0 Å². The quantitative estimate of drug-likeness (QED) is 0.496. The van der Waals surface area contributed by atoms with Gasteiger partial charge in [-0.3, -0.25) is 23.5 Å². The Morgan fingerprint density at radius 3 is 2.07 bits per heavy atom. The zero-order valence-electron chi connectivity index (χ0n) is 16.7. The number of hydrogen-bond donors (Lipinski definition) is 3. The van der Waals surface area contributed by atoms with E-state index >= 15 is 0 Å². The summed E-state index contributed by atoms with van der Waals surface area (Å²) in [4.78, 5) is 50.2. The number of carbonyl (C=O) groups is 2. The fourth-order valence-corrected chi connectivity index (χ4v) is 4.60. The Hall–Kier alpha value is -2.42. The Bertz CT molecular complexity index is 904. The lowest BCUT2D eigenvalue weighted by molar-refractivity contribution is -0.137. The van der Waals surface area contributed by atoms with Crippen LogP contribution in [-0.2, 0) is 4.79 Å². The van der Waals surface area contributed by atoms with E-state index in [9.17, 15) is 24.3 Å². The number of rotatable bonds is 5. The molecule has 2 fully saturated rings. The number of hydrogen-bond acceptors (Lipinski definition) is 6. The van der Waals surface area contributed by atoms with Crippen molar-refractivity contribution in [1.82, 2.24) is 9.13 Å². The molecule has 1 aromatic rings. The third-order valence-corrected chi connectivity index (χ3v) is 6.38. The van der Waals surface area contributed by atoms with E-state index in [-0.39, 0.29) is 12.1 Å².